The Bertz CT molecular complexity index is 433. The van der Waals surface area contributed by atoms with E-state index < -0.39 is 0 Å². The molecule has 0 aliphatic rings. The molecule has 0 N–H and O–H groups in total. The standard InChI is InChI=1S/C36H72O2/c1-3-5-7-9-11-13-15-16-17-18-19-20-21-22-23-24-26-28-30-32-34-36(37)38-35-33-31-29-27-25-14-12-10-8-6-4-2/h3-35H2,1-2H3. The molecule has 0 atom stereocenters. The second kappa shape index (κ2) is 34.5. The third kappa shape index (κ3) is 33.5. The summed E-state index contributed by atoms with van der Waals surface area (Å²) in [5, 5.41) is 0. The van der Waals surface area contributed by atoms with Gasteiger partial charge in [0.1, 0.15) is 0 Å². The van der Waals surface area contributed by atoms with E-state index >= 15 is 0 Å². The molecule has 0 radical (unpaired) electrons. The molecule has 0 aromatic heterocycles. The van der Waals surface area contributed by atoms with E-state index in [0.717, 1.165) is 12.8 Å². The Balaban J connectivity index is 3.13. The highest BCUT2D eigenvalue weighted by molar-refractivity contribution is 5.69. The van der Waals surface area contributed by atoms with Crippen molar-refractivity contribution in [2.24, 2.45) is 0 Å². The van der Waals surface area contributed by atoms with Gasteiger partial charge in [-0.1, -0.05) is 200 Å². The van der Waals surface area contributed by atoms with Gasteiger partial charge in [0.05, 0.1) is 6.61 Å². The molecule has 0 spiro atoms. The Kier molecular flexibility index (Phi) is 34.0. The first-order valence-electron chi connectivity index (χ1n) is 18.0. The fraction of sp³-hybridized carbons (Fsp3) is 0.972. The molecule has 0 fully saturated rings. The van der Waals surface area contributed by atoms with Gasteiger partial charge in [0, 0.05) is 6.42 Å². The molecule has 0 heterocycles. The summed E-state index contributed by atoms with van der Waals surface area (Å²) in [6, 6.07) is 0. The SMILES string of the molecule is CCCCCCCCCCCCCCCCCCCCCCC(=O)OCCCCCCCCCCCCC. The Morgan fingerprint density at radius 3 is 0.868 bits per heavy atom. The van der Waals surface area contributed by atoms with Crippen LogP contribution >= 0.6 is 0 Å². The molecule has 0 saturated heterocycles. The second-order valence-electron chi connectivity index (χ2n) is 12.2. The molecular formula is C36H72O2. The Hall–Kier alpha value is -0.530. The topological polar surface area (TPSA) is 26.3 Å². The number of carbonyl (C=O) groups is 1. The van der Waals surface area contributed by atoms with E-state index in [1.807, 2.05) is 0 Å². The van der Waals surface area contributed by atoms with Gasteiger partial charge < -0.3 is 4.74 Å². The number of unbranched alkanes of at least 4 members (excludes halogenated alkanes) is 29. The number of ether oxygens (including phenoxy) is 1. The number of hydrogen-bond acceptors (Lipinski definition) is 2. The van der Waals surface area contributed by atoms with E-state index in [1.54, 1.807) is 0 Å². The van der Waals surface area contributed by atoms with E-state index in [-0.39, 0.29) is 5.97 Å². The summed E-state index contributed by atoms with van der Waals surface area (Å²) in [6.07, 6.45) is 43.1. The van der Waals surface area contributed by atoms with Crippen molar-refractivity contribution in [3.63, 3.8) is 0 Å². The maximum Gasteiger partial charge on any atom is 0.305 e. The minimum Gasteiger partial charge on any atom is -0.466 e. The van der Waals surface area contributed by atoms with Crippen LogP contribution in [0.2, 0.25) is 0 Å². The molecule has 228 valence electrons. The van der Waals surface area contributed by atoms with Crippen molar-refractivity contribution >= 4 is 5.97 Å². The third-order valence-electron chi connectivity index (χ3n) is 8.25. The summed E-state index contributed by atoms with van der Waals surface area (Å²) in [5.74, 6) is 0.0273. The zero-order valence-corrected chi connectivity index (χ0v) is 26.7. The van der Waals surface area contributed by atoms with Gasteiger partial charge in [-0.05, 0) is 12.8 Å². The van der Waals surface area contributed by atoms with Crippen LogP contribution in [-0.4, -0.2) is 12.6 Å². The average Bonchev–Trinajstić information content (AvgIpc) is 2.92. The summed E-state index contributed by atoms with van der Waals surface area (Å²) in [6.45, 7) is 5.21. The number of esters is 1. The van der Waals surface area contributed by atoms with Gasteiger partial charge in [-0.3, -0.25) is 4.79 Å². The predicted molar refractivity (Wildman–Crippen MR) is 170 cm³/mol. The molecule has 0 aliphatic carbocycles. The number of rotatable bonds is 33. The minimum absolute atomic E-state index is 0.0273. The first-order valence-corrected chi connectivity index (χ1v) is 18.0. The largest absolute Gasteiger partial charge is 0.466 e. The van der Waals surface area contributed by atoms with E-state index in [2.05, 4.69) is 13.8 Å². The Labute approximate surface area is 241 Å². The van der Waals surface area contributed by atoms with E-state index in [1.165, 1.54) is 186 Å². The minimum atomic E-state index is 0.0273. The number of carbonyl (C=O) groups excluding carboxylic acids is 1. The van der Waals surface area contributed by atoms with Gasteiger partial charge in [0.2, 0.25) is 0 Å². The smallest absolute Gasteiger partial charge is 0.305 e. The first-order chi connectivity index (χ1) is 18.8. The normalized spacial score (nSPS) is 11.3. The lowest BCUT2D eigenvalue weighted by Crippen LogP contribution is -2.05. The van der Waals surface area contributed by atoms with Crippen LogP contribution in [0.25, 0.3) is 0 Å². The van der Waals surface area contributed by atoms with Crippen LogP contribution in [0.15, 0.2) is 0 Å². The molecule has 2 nitrogen and oxygen atoms in total. The quantitative estimate of drug-likeness (QED) is 0.0615. The molecule has 0 aliphatic heterocycles. The summed E-state index contributed by atoms with van der Waals surface area (Å²) < 4.78 is 5.43. The summed E-state index contributed by atoms with van der Waals surface area (Å²) in [7, 11) is 0. The van der Waals surface area contributed by atoms with Gasteiger partial charge in [0.15, 0.2) is 0 Å². The number of hydrogen-bond donors (Lipinski definition) is 0. The predicted octanol–water partition coefficient (Wildman–Crippen LogP) is 13.1. The van der Waals surface area contributed by atoms with Gasteiger partial charge in [-0.2, -0.15) is 0 Å². The van der Waals surface area contributed by atoms with Crippen LogP contribution in [0.4, 0.5) is 0 Å². The van der Waals surface area contributed by atoms with E-state index in [4.69, 9.17) is 4.74 Å². The van der Waals surface area contributed by atoms with Crippen molar-refractivity contribution in [1.82, 2.24) is 0 Å². The van der Waals surface area contributed by atoms with Crippen molar-refractivity contribution < 1.29 is 9.53 Å². The van der Waals surface area contributed by atoms with Crippen molar-refractivity contribution in [2.45, 2.75) is 219 Å². The highest BCUT2D eigenvalue weighted by Gasteiger charge is 2.03. The maximum absolute atomic E-state index is 11.9. The van der Waals surface area contributed by atoms with Crippen molar-refractivity contribution in [2.75, 3.05) is 6.61 Å². The molecule has 0 amide bonds. The van der Waals surface area contributed by atoms with Crippen molar-refractivity contribution in [3.05, 3.63) is 0 Å². The van der Waals surface area contributed by atoms with E-state index in [9.17, 15) is 4.79 Å². The monoisotopic (exact) mass is 537 g/mol. The maximum atomic E-state index is 11.9. The van der Waals surface area contributed by atoms with Gasteiger partial charge in [-0.25, -0.2) is 0 Å². The molecule has 0 saturated carbocycles. The zero-order valence-electron chi connectivity index (χ0n) is 26.7. The lowest BCUT2D eigenvalue weighted by atomic mass is 10.0. The first kappa shape index (κ1) is 37.5. The summed E-state index contributed by atoms with van der Waals surface area (Å²) in [4.78, 5) is 11.9. The Morgan fingerprint density at radius 2 is 0.579 bits per heavy atom. The molecule has 0 aromatic carbocycles. The highest BCUT2D eigenvalue weighted by atomic mass is 16.5. The Morgan fingerprint density at radius 1 is 0.342 bits per heavy atom. The van der Waals surface area contributed by atoms with Crippen LogP contribution < -0.4 is 0 Å². The van der Waals surface area contributed by atoms with Crippen molar-refractivity contribution in [1.29, 1.82) is 0 Å². The van der Waals surface area contributed by atoms with Crippen LogP contribution in [0.5, 0.6) is 0 Å². The molecule has 0 rings (SSSR count). The summed E-state index contributed by atoms with van der Waals surface area (Å²) in [5.41, 5.74) is 0. The molecule has 38 heavy (non-hydrogen) atoms. The highest BCUT2D eigenvalue weighted by Crippen LogP contribution is 2.15. The molecule has 0 aromatic rings. The average molecular weight is 537 g/mol. The van der Waals surface area contributed by atoms with Crippen LogP contribution in [0.1, 0.15) is 219 Å². The molecule has 0 unspecified atom stereocenters. The zero-order chi connectivity index (χ0) is 27.6. The fourth-order valence-electron chi connectivity index (χ4n) is 5.55. The third-order valence-corrected chi connectivity index (χ3v) is 8.25. The van der Waals surface area contributed by atoms with Gasteiger partial charge in [0.25, 0.3) is 0 Å². The fourth-order valence-corrected chi connectivity index (χ4v) is 5.55. The van der Waals surface area contributed by atoms with Crippen LogP contribution in [-0.2, 0) is 9.53 Å². The van der Waals surface area contributed by atoms with Gasteiger partial charge in [-0.15, -0.1) is 0 Å². The van der Waals surface area contributed by atoms with Gasteiger partial charge >= 0.3 is 5.97 Å². The molecular weight excluding hydrogens is 464 g/mol. The van der Waals surface area contributed by atoms with E-state index in [0.29, 0.717) is 13.0 Å². The molecule has 2 heteroatoms. The lowest BCUT2D eigenvalue weighted by Gasteiger charge is -2.06. The van der Waals surface area contributed by atoms with Crippen LogP contribution in [0.3, 0.4) is 0 Å². The van der Waals surface area contributed by atoms with Crippen molar-refractivity contribution in [3.8, 4) is 0 Å². The second-order valence-corrected chi connectivity index (χ2v) is 12.2. The molecule has 0 bridgehead atoms. The lowest BCUT2D eigenvalue weighted by molar-refractivity contribution is -0.143. The summed E-state index contributed by atoms with van der Waals surface area (Å²) >= 11 is 0. The van der Waals surface area contributed by atoms with Crippen LogP contribution in [0, 0.1) is 0 Å².